The van der Waals surface area contributed by atoms with E-state index in [0.717, 1.165) is 35.6 Å². The highest BCUT2D eigenvalue weighted by Gasteiger charge is 2.06. The molecule has 18 heteroatoms. The quantitative estimate of drug-likeness (QED) is 0.144. The number of H-pyrrole nitrogens is 1. The van der Waals surface area contributed by atoms with Gasteiger partial charge in [-0.3, -0.25) is 10.1 Å². The average Bonchev–Trinajstić information content (AvgIpc) is 4.21. The van der Waals surface area contributed by atoms with E-state index in [-0.39, 0.29) is 0 Å². The van der Waals surface area contributed by atoms with Crippen LogP contribution in [0.3, 0.4) is 0 Å². The van der Waals surface area contributed by atoms with Gasteiger partial charge in [0.05, 0.1) is 34.4 Å². The molecule has 1 N–H and O–H groups in total. The predicted octanol–water partition coefficient (Wildman–Crippen LogP) is 16.3. The lowest BCUT2D eigenvalue weighted by molar-refractivity contribution is 0.471. The lowest BCUT2D eigenvalue weighted by Gasteiger charge is -2.02. The third-order valence-corrected chi connectivity index (χ3v) is 12.0. The van der Waals surface area contributed by atoms with E-state index >= 15 is 0 Å². The van der Waals surface area contributed by atoms with Crippen molar-refractivity contribution in [1.82, 2.24) is 59.9 Å². The maximum absolute atomic E-state index is 5.09. The molecule has 0 spiro atoms. The molecule has 0 aromatic carbocycles. The summed E-state index contributed by atoms with van der Waals surface area (Å²) in [5, 5.41) is 24.2. The van der Waals surface area contributed by atoms with Crippen molar-refractivity contribution in [2.75, 3.05) is 0 Å². The van der Waals surface area contributed by atoms with Crippen molar-refractivity contribution in [1.29, 1.82) is 0 Å². The van der Waals surface area contributed by atoms with Gasteiger partial charge in [-0.05, 0) is 53.3 Å². The highest BCUT2D eigenvalue weighted by Crippen LogP contribution is 2.18. The number of oxazole rings is 2. The molecule has 1 aliphatic heterocycles. The second-order valence-electron chi connectivity index (χ2n) is 20.1. The highest BCUT2D eigenvalue weighted by molar-refractivity contribution is 7.09. The predicted molar refractivity (Wildman–Crippen MR) is 310 cm³/mol. The number of imidazole rings is 1. The van der Waals surface area contributed by atoms with E-state index in [4.69, 9.17) is 13.3 Å². The van der Waals surface area contributed by atoms with Gasteiger partial charge in [0.25, 0.3) is 0 Å². The van der Waals surface area contributed by atoms with Crippen LogP contribution in [0, 0.1) is 12.8 Å². The van der Waals surface area contributed by atoms with Crippen LogP contribution in [0.15, 0.2) is 115 Å². The molecule has 16 nitrogen and oxygen atoms in total. The van der Waals surface area contributed by atoms with Crippen LogP contribution in [0.25, 0.3) is 0 Å². The van der Waals surface area contributed by atoms with Gasteiger partial charge in [0.1, 0.15) is 24.1 Å². The minimum Gasteiger partial charge on any atom is -0.469 e. The molecule has 0 unspecified atom stereocenters. The summed E-state index contributed by atoms with van der Waals surface area (Å²) in [5.74, 6) is 9.37. The first-order valence-electron chi connectivity index (χ1n) is 26.0. The second kappa shape index (κ2) is 37.6. The number of aromatic nitrogens is 12. The Morgan fingerprint density at radius 2 is 1.21 bits per heavy atom. The first-order chi connectivity index (χ1) is 35.5. The van der Waals surface area contributed by atoms with Gasteiger partial charge in [-0.2, -0.15) is 5.10 Å². The summed E-state index contributed by atoms with van der Waals surface area (Å²) in [6.45, 7) is 40.1. The van der Waals surface area contributed by atoms with E-state index in [1.807, 2.05) is 102 Å². The molecule has 0 saturated heterocycles. The van der Waals surface area contributed by atoms with Crippen LogP contribution < -0.4 is 0 Å². The molecule has 9 heterocycles. The van der Waals surface area contributed by atoms with Crippen molar-refractivity contribution in [3.05, 3.63) is 147 Å². The fourth-order valence-electron chi connectivity index (χ4n) is 5.84. The Hall–Kier alpha value is -6.14. The van der Waals surface area contributed by atoms with E-state index in [1.54, 1.807) is 64.7 Å². The Morgan fingerprint density at radius 3 is 1.43 bits per heavy atom. The van der Waals surface area contributed by atoms with Crippen molar-refractivity contribution >= 4 is 28.9 Å². The molecule has 0 radical (unpaired) electrons. The molecular formula is C57H91N13O3S2. The Morgan fingerprint density at radius 1 is 0.587 bits per heavy atom. The fourth-order valence-corrected chi connectivity index (χ4v) is 7.27. The van der Waals surface area contributed by atoms with E-state index < -0.39 is 0 Å². The van der Waals surface area contributed by atoms with Crippen molar-refractivity contribution in [2.24, 2.45) is 25.0 Å². The molecule has 8 aromatic heterocycles. The number of nitrogens with one attached hydrogen (secondary N) is 1. The molecule has 0 fully saturated rings. The molecule has 1 aliphatic rings. The number of rotatable bonds is 9. The molecular weight excluding hydrogens is 979 g/mol. The van der Waals surface area contributed by atoms with Crippen molar-refractivity contribution in [3.63, 3.8) is 0 Å². The van der Waals surface area contributed by atoms with Crippen molar-refractivity contribution in [3.8, 4) is 0 Å². The summed E-state index contributed by atoms with van der Waals surface area (Å²) in [6, 6.07) is 5.89. The Bertz CT molecular complexity index is 2290. The molecule has 0 aliphatic carbocycles. The monoisotopic (exact) mass is 1070 g/mol. The standard InChI is InChI=1S/C7H12N2.C7H11NS.C7H11N.C7H10O.C6H10N2.2C6H9NO.C6H9NS.C5H10N4/c1-6(2)7-8-4-5-9(7)3;1-5(2)7-4-9-6(3)8-7;2*1-6(2)7-4-3-5-8-7;1-5(2)6-3-4-7-8-6;3*1-5(2)6-7-3-4-8-6;1-4(2)5-6-7-8-9(5)3/h4-6H,1-3H3;4-5H,1-3H3;4-6H,3H2,1-2H3;3-6H,1-2H3;3-5H,1-2H3,(H,7,8);3*3-5H,1-2H3;4H,1-3H3. The van der Waals surface area contributed by atoms with Crippen LogP contribution in [0.1, 0.15) is 229 Å². The van der Waals surface area contributed by atoms with E-state index in [1.165, 1.54) is 27.1 Å². The maximum atomic E-state index is 5.09. The Labute approximate surface area is 457 Å². The first-order valence-corrected chi connectivity index (χ1v) is 27.8. The zero-order valence-electron chi connectivity index (χ0n) is 49.0. The fraction of sp³-hybridized carbons (Fsp3) is 0.544. The van der Waals surface area contributed by atoms with Crippen molar-refractivity contribution in [2.45, 2.75) is 185 Å². The molecule has 75 heavy (non-hydrogen) atoms. The minimum atomic E-state index is 0.407. The van der Waals surface area contributed by atoms with E-state index in [0.29, 0.717) is 53.3 Å². The van der Waals surface area contributed by atoms with Gasteiger partial charge in [-0.15, -0.1) is 27.8 Å². The largest absolute Gasteiger partial charge is 0.469 e. The number of furan rings is 1. The number of aryl methyl sites for hydroxylation is 3. The zero-order chi connectivity index (χ0) is 56.5. The van der Waals surface area contributed by atoms with Gasteiger partial charge in [0.15, 0.2) is 17.6 Å². The summed E-state index contributed by atoms with van der Waals surface area (Å²) in [7, 11) is 3.86. The normalized spacial score (nSPS) is 11.3. The van der Waals surface area contributed by atoms with Crippen LogP contribution >= 0.6 is 22.7 Å². The summed E-state index contributed by atoms with van der Waals surface area (Å²) in [4.78, 5) is 24.7. The van der Waals surface area contributed by atoms with E-state index in [9.17, 15) is 0 Å². The summed E-state index contributed by atoms with van der Waals surface area (Å²) in [5.41, 5.74) is 3.66. The Balaban J connectivity index is 0.000000422. The molecule has 0 atom stereocenters. The number of allylic oxidation sites excluding steroid dienone is 2. The number of nitrogens with zero attached hydrogens (tertiary/aromatic N) is 12. The molecule has 8 aromatic rings. The molecule has 0 amide bonds. The third kappa shape index (κ3) is 28.9. The third-order valence-electron chi connectivity index (χ3n) is 10.1. The average molecular weight is 1070 g/mol. The molecule has 0 bridgehead atoms. The first kappa shape index (κ1) is 66.9. The SMILES string of the molecule is CC(C)C1=CCC=N1.CC(C)c1ccco1.CC(C)c1ccn[nH]1.CC(C)c1nccn1C.CC(C)c1ncco1.CC(C)c1ncco1.CC(C)c1nccs1.CC(C)c1nnnn1C.Cc1nc(C(C)C)cs1. The van der Waals surface area contributed by atoms with Gasteiger partial charge in [0.2, 0.25) is 0 Å². The topological polar surface area (TPSA) is 193 Å². The van der Waals surface area contributed by atoms with E-state index in [2.05, 4.69) is 164 Å². The number of aromatic amines is 1. The van der Waals surface area contributed by atoms with Gasteiger partial charge >= 0.3 is 0 Å². The molecule has 9 rings (SSSR count). The molecule has 0 saturated carbocycles. The van der Waals surface area contributed by atoms with Crippen LogP contribution in [-0.2, 0) is 14.1 Å². The summed E-state index contributed by atoms with van der Waals surface area (Å²) < 4.78 is 18.8. The highest BCUT2D eigenvalue weighted by atomic mass is 32.1. The summed E-state index contributed by atoms with van der Waals surface area (Å²) in [6.07, 6.45) is 20.8. The van der Waals surface area contributed by atoms with Crippen LogP contribution in [0.2, 0.25) is 0 Å². The van der Waals surface area contributed by atoms with Crippen molar-refractivity contribution < 1.29 is 13.3 Å². The van der Waals surface area contributed by atoms with Gasteiger partial charge in [0, 0.05) is 109 Å². The molecule has 414 valence electrons. The number of hydrogen-bond acceptors (Lipinski definition) is 15. The lowest BCUT2D eigenvalue weighted by atomic mass is 10.1. The number of hydrogen-bond donors (Lipinski definition) is 1. The number of aliphatic imine (C=N–C) groups is 1. The maximum Gasteiger partial charge on any atom is 0.196 e. The summed E-state index contributed by atoms with van der Waals surface area (Å²) >= 11 is 3.44. The van der Waals surface area contributed by atoms with Gasteiger partial charge in [-0.1, -0.05) is 131 Å². The smallest absolute Gasteiger partial charge is 0.196 e. The number of thiazole rings is 2. The van der Waals surface area contributed by atoms with Gasteiger partial charge < -0.3 is 17.8 Å². The zero-order valence-corrected chi connectivity index (χ0v) is 50.7. The minimum absolute atomic E-state index is 0.407. The van der Waals surface area contributed by atoms with Crippen LogP contribution in [0.5, 0.6) is 0 Å². The lowest BCUT2D eigenvalue weighted by Crippen LogP contribution is -2.00. The van der Waals surface area contributed by atoms with Crippen LogP contribution in [-0.4, -0.2) is 66.1 Å². The van der Waals surface area contributed by atoms with Crippen LogP contribution in [0.4, 0.5) is 0 Å². The van der Waals surface area contributed by atoms with Gasteiger partial charge in [-0.25, -0.2) is 29.6 Å². The second-order valence-corrected chi connectivity index (χ2v) is 22.0. The Kier molecular flexibility index (Phi) is 33.5. The number of tetrazole rings is 1.